The van der Waals surface area contributed by atoms with Crippen LogP contribution in [0.3, 0.4) is 0 Å². The Morgan fingerprint density at radius 2 is 1.75 bits per heavy atom. The number of rotatable bonds is 3. The smallest absolute Gasteiger partial charge is 0.339 e. The lowest BCUT2D eigenvalue weighted by atomic mass is 10.1. The lowest BCUT2D eigenvalue weighted by molar-refractivity contribution is 0.0599. The van der Waals surface area contributed by atoms with Gasteiger partial charge in [0.15, 0.2) is 0 Å². The van der Waals surface area contributed by atoms with Crippen molar-refractivity contribution in [2.24, 2.45) is 0 Å². The average molecular weight is 322 g/mol. The second-order valence-corrected chi connectivity index (χ2v) is 5.60. The highest BCUT2D eigenvalue weighted by Gasteiger charge is 2.22. The Morgan fingerprint density at radius 3 is 2.50 bits per heavy atom. The van der Waals surface area contributed by atoms with Gasteiger partial charge in [0.05, 0.1) is 12.7 Å². The fourth-order valence-corrected chi connectivity index (χ4v) is 2.90. The van der Waals surface area contributed by atoms with E-state index in [2.05, 4.69) is 10.3 Å². The van der Waals surface area contributed by atoms with Gasteiger partial charge in [-0.15, -0.1) is 0 Å². The number of hydrogen-bond acceptors (Lipinski definition) is 3. The van der Waals surface area contributed by atoms with Crippen LogP contribution in [0.15, 0.2) is 42.5 Å². The average Bonchev–Trinajstić information content (AvgIpc) is 2.89. The van der Waals surface area contributed by atoms with Gasteiger partial charge in [-0.3, -0.25) is 4.79 Å². The Labute approximate surface area is 139 Å². The number of benzene rings is 2. The molecule has 2 N–H and O–H groups in total. The zero-order valence-electron chi connectivity index (χ0n) is 13.8. The quantitative estimate of drug-likeness (QED) is 0.720. The van der Waals surface area contributed by atoms with Crippen LogP contribution >= 0.6 is 0 Å². The van der Waals surface area contributed by atoms with Crippen molar-refractivity contribution in [1.82, 2.24) is 4.98 Å². The van der Waals surface area contributed by atoms with E-state index in [-0.39, 0.29) is 5.91 Å². The molecule has 1 heterocycles. The second kappa shape index (κ2) is 6.20. The molecule has 0 saturated carbocycles. The van der Waals surface area contributed by atoms with Gasteiger partial charge in [-0.25, -0.2) is 4.79 Å². The zero-order chi connectivity index (χ0) is 17.3. The van der Waals surface area contributed by atoms with Crippen LogP contribution in [-0.4, -0.2) is 24.0 Å². The minimum Gasteiger partial charge on any atom is -0.465 e. The third-order valence-corrected chi connectivity index (χ3v) is 4.09. The molecule has 3 rings (SSSR count). The number of aromatic amines is 1. The maximum Gasteiger partial charge on any atom is 0.339 e. The Hall–Kier alpha value is -3.08. The van der Waals surface area contributed by atoms with Crippen molar-refractivity contribution < 1.29 is 14.3 Å². The summed E-state index contributed by atoms with van der Waals surface area (Å²) < 4.78 is 4.78. The van der Waals surface area contributed by atoms with Crippen LogP contribution in [0.1, 0.15) is 32.1 Å². The molecule has 0 aliphatic carbocycles. The number of aryl methyl sites for hydroxylation is 1. The summed E-state index contributed by atoms with van der Waals surface area (Å²) in [7, 11) is 1.32. The highest BCUT2D eigenvalue weighted by atomic mass is 16.5. The summed E-state index contributed by atoms with van der Waals surface area (Å²) in [6.45, 7) is 3.47. The summed E-state index contributed by atoms with van der Waals surface area (Å²) in [5, 5.41) is 4.92. The van der Waals surface area contributed by atoms with E-state index in [1.54, 1.807) is 13.8 Å². The minimum absolute atomic E-state index is 0.290. The van der Waals surface area contributed by atoms with Crippen molar-refractivity contribution in [1.29, 1.82) is 0 Å². The monoisotopic (exact) mass is 322 g/mol. The molecule has 0 atom stereocenters. The van der Waals surface area contributed by atoms with E-state index in [4.69, 9.17) is 4.74 Å². The highest BCUT2D eigenvalue weighted by molar-refractivity contribution is 6.10. The van der Waals surface area contributed by atoms with Gasteiger partial charge in [-0.1, -0.05) is 36.4 Å². The minimum atomic E-state index is -0.453. The number of carbonyl (C=O) groups excluding carboxylic acids is 2. The topological polar surface area (TPSA) is 71.2 Å². The van der Waals surface area contributed by atoms with Gasteiger partial charge in [0.2, 0.25) is 0 Å². The predicted octanol–water partition coefficient (Wildman–Crippen LogP) is 3.82. The fraction of sp³-hybridized carbons (Fsp3) is 0.158. The van der Waals surface area contributed by atoms with E-state index in [1.807, 2.05) is 42.5 Å². The van der Waals surface area contributed by atoms with E-state index >= 15 is 0 Å². The summed E-state index contributed by atoms with van der Waals surface area (Å²) >= 11 is 0. The standard InChI is InChI=1S/C19H18N2O3/c1-11-16(19(23)24-3)12(2)20-17(11)18(22)21-15-10-6-8-13-7-4-5-9-14(13)15/h4-10,20H,1-3H3,(H,21,22). The Morgan fingerprint density at radius 1 is 1.04 bits per heavy atom. The van der Waals surface area contributed by atoms with E-state index in [0.29, 0.717) is 22.5 Å². The third-order valence-electron chi connectivity index (χ3n) is 4.09. The Balaban J connectivity index is 1.97. The number of methoxy groups -OCH3 is 1. The number of H-pyrrole nitrogens is 1. The van der Waals surface area contributed by atoms with Crippen LogP contribution in [0.4, 0.5) is 5.69 Å². The van der Waals surface area contributed by atoms with Gasteiger partial charge < -0.3 is 15.0 Å². The summed E-state index contributed by atoms with van der Waals surface area (Å²) in [6.07, 6.45) is 0. The van der Waals surface area contributed by atoms with Crippen molar-refractivity contribution >= 4 is 28.3 Å². The van der Waals surface area contributed by atoms with Crippen LogP contribution < -0.4 is 5.32 Å². The molecule has 2 aromatic carbocycles. The largest absolute Gasteiger partial charge is 0.465 e. The molecule has 0 saturated heterocycles. The zero-order valence-corrected chi connectivity index (χ0v) is 13.8. The number of esters is 1. The van der Waals surface area contributed by atoms with E-state index < -0.39 is 5.97 Å². The fourth-order valence-electron chi connectivity index (χ4n) is 2.90. The predicted molar refractivity (Wildman–Crippen MR) is 93.5 cm³/mol. The summed E-state index contributed by atoms with van der Waals surface area (Å²) in [4.78, 5) is 27.5. The first kappa shape index (κ1) is 15.8. The van der Waals surface area contributed by atoms with Gasteiger partial charge in [-0.2, -0.15) is 0 Å². The van der Waals surface area contributed by atoms with E-state index in [1.165, 1.54) is 7.11 Å². The van der Waals surface area contributed by atoms with Gasteiger partial charge >= 0.3 is 5.97 Å². The van der Waals surface area contributed by atoms with Crippen LogP contribution in [0.2, 0.25) is 0 Å². The number of amides is 1. The molecular formula is C19H18N2O3. The molecule has 3 aromatic rings. The first-order valence-electron chi connectivity index (χ1n) is 7.59. The van der Waals surface area contributed by atoms with E-state index in [0.717, 1.165) is 16.5 Å². The van der Waals surface area contributed by atoms with Crippen molar-refractivity contribution in [2.45, 2.75) is 13.8 Å². The first-order valence-corrected chi connectivity index (χ1v) is 7.59. The number of nitrogens with one attached hydrogen (secondary N) is 2. The SMILES string of the molecule is COC(=O)c1c(C)[nH]c(C(=O)Nc2cccc3ccccc23)c1C. The van der Waals surface area contributed by atoms with Gasteiger partial charge in [-0.05, 0) is 30.9 Å². The molecule has 0 radical (unpaired) electrons. The summed E-state index contributed by atoms with van der Waals surface area (Å²) in [6, 6.07) is 13.6. The van der Waals surface area contributed by atoms with Crippen molar-refractivity contribution in [2.75, 3.05) is 12.4 Å². The molecule has 5 heteroatoms. The summed E-state index contributed by atoms with van der Waals surface area (Å²) in [5.41, 5.74) is 2.69. The number of carbonyl (C=O) groups is 2. The normalized spacial score (nSPS) is 10.6. The molecule has 0 aliphatic rings. The molecule has 0 bridgehead atoms. The lowest BCUT2D eigenvalue weighted by Crippen LogP contribution is -2.14. The molecule has 122 valence electrons. The Kier molecular flexibility index (Phi) is 4.08. The number of ether oxygens (including phenoxy) is 1. The van der Waals surface area contributed by atoms with Crippen molar-refractivity contribution in [3.63, 3.8) is 0 Å². The third kappa shape index (κ3) is 2.65. The van der Waals surface area contributed by atoms with Crippen LogP contribution in [-0.2, 0) is 4.74 Å². The van der Waals surface area contributed by atoms with Crippen molar-refractivity contribution in [3.05, 3.63) is 65.0 Å². The van der Waals surface area contributed by atoms with Gasteiger partial charge in [0.25, 0.3) is 5.91 Å². The van der Waals surface area contributed by atoms with Crippen LogP contribution in [0.25, 0.3) is 10.8 Å². The maximum absolute atomic E-state index is 12.7. The summed E-state index contributed by atoms with van der Waals surface area (Å²) in [5.74, 6) is -0.743. The number of hydrogen-bond donors (Lipinski definition) is 2. The van der Waals surface area contributed by atoms with Crippen LogP contribution in [0, 0.1) is 13.8 Å². The molecule has 0 unspecified atom stereocenters. The highest BCUT2D eigenvalue weighted by Crippen LogP contribution is 2.25. The number of aromatic nitrogens is 1. The molecule has 24 heavy (non-hydrogen) atoms. The Bertz CT molecular complexity index is 936. The van der Waals surface area contributed by atoms with Gasteiger partial charge in [0.1, 0.15) is 5.69 Å². The molecule has 1 aromatic heterocycles. The van der Waals surface area contributed by atoms with Crippen molar-refractivity contribution in [3.8, 4) is 0 Å². The molecule has 5 nitrogen and oxygen atoms in total. The van der Waals surface area contributed by atoms with Crippen LogP contribution in [0.5, 0.6) is 0 Å². The number of fused-ring (bicyclic) bond motifs is 1. The molecule has 0 aliphatic heterocycles. The molecule has 0 fully saturated rings. The maximum atomic E-state index is 12.7. The second-order valence-electron chi connectivity index (χ2n) is 5.60. The molecule has 0 spiro atoms. The van der Waals surface area contributed by atoms with Gasteiger partial charge in [0, 0.05) is 16.8 Å². The van der Waals surface area contributed by atoms with E-state index in [9.17, 15) is 9.59 Å². The lowest BCUT2D eigenvalue weighted by Gasteiger charge is -2.08. The number of anilines is 1. The molecular weight excluding hydrogens is 304 g/mol. The molecule has 1 amide bonds. The first-order chi connectivity index (χ1) is 11.5.